The summed E-state index contributed by atoms with van der Waals surface area (Å²) < 4.78 is 27.6. The SMILES string of the molecule is Cc1cccc(NS(=O)(=O)c2ccc(CO)cn2)c1Br. The van der Waals surface area contributed by atoms with Gasteiger partial charge in [-0.15, -0.1) is 0 Å². The Bertz CT molecular complexity index is 715. The topological polar surface area (TPSA) is 79.3 Å². The van der Waals surface area contributed by atoms with Crippen LogP contribution in [0, 0.1) is 6.92 Å². The summed E-state index contributed by atoms with van der Waals surface area (Å²) in [6, 6.07) is 8.18. The van der Waals surface area contributed by atoms with Gasteiger partial charge in [-0.2, -0.15) is 8.42 Å². The largest absolute Gasteiger partial charge is 0.392 e. The number of hydrogen-bond acceptors (Lipinski definition) is 4. The quantitative estimate of drug-likeness (QED) is 0.881. The van der Waals surface area contributed by atoms with Crippen molar-refractivity contribution in [3.63, 3.8) is 0 Å². The molecule has 2 aromatic rings. The molecule has 0 aliphatic carbocycles. The van der Waals surface area contributed by atoms with E-state index in [-0.39, 0.29) is 11.6 Å². The van der Waals surface area contributed by atoms with Crippen molar-refractivity contribution in [2.75, 3.05) is 4.72 Å². The maximum atomic E-state index is 12.2. The molecule has 106 valence electrons. The normalized spacial score (nSPS) is 11.3. The standard InChI is InChI=1S/C13H13BrN2O3S/c1-9-3-2-4-11(13(9)14)16-20(18,19)12-6-5-10(8-17)7-15-12/h2-7,16-17H,8H2,1H3. The van der Waals surface area contributed by atoms with Gasteiger partial charge in [0, 0.05) is 10.7 Å². The molecule has 1 aromatic heterocycles. The lowest BCUT2D eigenvalue weighted by Gasteiger charge is -2.10. The Kier molecular flexibility index (Phi) is 4.42. The van der Waals surface area contributed by atoms with Crippen molar-refractivity contribution in [1.29, 1.82) is 0 Å². The summed E-state index contributed by atoms with van der Waals surface area (Å²) in [7, 11) is -3.75. The number of hydrogen-bond donors (Lipinski definition) is 2. The Morgan fingerprint density at radius 3 is 2.65 bits per heavy atom. The van der Waals surface area contributed by atoms with Crippen LogP contribution in [-0.2, 0) is 16.6 Å². The fourth-order valence-electron chi connectivity index (χ4n) is 1.59. The van der Waals surface area contributed by atoms with Crippen molar-refractivity contribution in [1.82, 2.24) is 4.98 Å². The summed E-state index contributed by atoms with van der Waals surface area (Å²) in [5, 5.41) is 8.83. The van der Waals surface area contributed by atoms with Crippen LogP contribution in [-0.4, -0.2) is 18.5 Å². The molecule has 20 heavy (non-hydrogen) atoms. The van der Waals surface area contributed by atoms with E-state index in [2.05, 4.69) is 25.6 Å². The van der Waals surface area contributed by atoms with Crippen LogP contribution in [0.4, 0.5) is 5.69 Å². The van der Waals surface area contributed by atoms with Crippen molar-refractivity contribution in [3.05, 3.63) is 52.1 Å². The van der Waals surface area contributed by atoms with Crippen LogP contribution in [0.3, 0.4) is 0 Å². The fraction of sp³-hybridized carbons (Fsp3) is 0.154. The molecule has 0 saturated carbocycles. The zero-order valence-electron chi connectivity index (χ0n) is 10.7. The van der Waals surface area contributed by atoms with Crippen molar-refractivity contribution < 1.29 is 13.5 Å². The number of pyridine rings is 1. The molecule has 2 rings (SSSR count). The van der Waals surface area contributed by atoms with Crippen LogP contribution < -0.4 is 4.72 Å². The number of benzene rings is 1. The number of aromatic nitrogens is 1. The van der Waals surface area contributed by atoms with E-state index in [1.165, 1.54) is 18.3 Å². The predicted octanol–water partition coefficient (Wildman–Crippen LogP) is 2.45. The summed E-state index contributed by atoms with van der Waals surface area (Å²) in [6.07, 6.45) is 1.33. The molecule has 0 spiro atoms. The number of aryl methyl sites for hydroxylation is 1. The van der Waals surface area contributed by atoms with Gasteiger partial charge in [-0.1, -0.05) is 18.2 Å². The highest BCUT2D eigenvalue weighted by atomic mass is 79.9. The van der Waals surface area contributed by atoms with Crippen LogP contribution in [0.5, 0.6) is 0 Å². The molecule has 0 radical (unpaired) electrons. The second-order valence-corrected chi connectivity index (χ2v) is 6.63. The first-order valence-electron chi connectivity index (χ1n) is 5.78. The predicted molar refractivity (Wildman–Crippen MR) is 79.8 cm³/mol. The van der Waals surface area contributed by atoms with Crippen molar-refractivity contribution in [3.8, 4) is 0 Å². The lowest BCUT2D eigenvalue weighted by atomic mass is 10.2. The molecule has 0 atom stereocenters. The van der Waals surface area contributed by atoms with E-state index in [0.717, 1.165) is 5.56 Å². The van der Waals surface area contributed by atoms with Gasteiger partial charge in [0.25, 0.3) is 10.0 Å². The van der Waals surface area contributed by atoms with E-state index in [1.54, 1.807) is 12.1 Å². The van der Waals surface area contributed by atoms with Crippen LogP contribution in [0.25, 0.3) is 0 Å². The van der Waals surface area contributed by atoms with E-state index in [9.17, 15) is 8.42 Å². The summed E-state index contributed by atoms with van der Waals surface area (Å²) >= 11 is 3.35. The molecule has 1 heterocycles. The van der Waals surface area contributed by atoms with Gasteiger partial charge in [-0.3, -0.25) is 4.72 Å². The number of anilines is 1. The van der Waals surface area contributed by atoms with Gasteiger partial charge in [-0.25, -0.2) is 4.98 Å². The Morgan fingerprint density at radius 1 is 1.30 bits per heavy atom. The highest BCUT2D eigenvalue weighted by molar-refractivity contribution is 9.10. The number of nitrogens with zero attached hydrogens (tertiary/aromatic N) is 1. The maximum Gasteiger partial charge on any atom is 0.279 e. The van der Waals surface area contributed by atoms with Crippen molar-refractivity contribution in [2.45, 2.75) is 18.6 Å². The fourth-order valence-corrected chi connectivity index (χ4v) is 3.08. The average molecular weight is 357 g/mol. The molecule has 0 aliphatic heterocycles. The van der Waals surface area contributed by atoms with Gasteiger partial charge < -0.3 is 5.11 Å². The number of rotatable bonds is 4. The number of aliphatic hydroxyl groups is 1. The molecule has 0 amide bonds. The van der Waals surface area contributed by atoms with E-state index in [0.29, 0.717) is 15.7 Å². The van der Waals surface area contributed by atoms with Gasteiger partial charge >= 0.3 is 0 Å². The van der Waals surface area contributed by atoms with E-state index in [1.807, 2.05) is 13.0 Å². The van der Waals surface area contributed by atoms with Crippen LogP contribution in [0.1, 0.15) is 11.1 Å². The van der Waals surface area contributed by atoms with Crippen molar-refractivity contribution in [2.24, 2.45) is 0 Å². The van der Waals surface area contributed by atoms with Crippen LogP contribution >= 0.6 is 15.9 Å². The highest BCUT2D eigenvalue weighted by Crippen LogP contribution is 2.27. The molecule has 1 aromatic carbocycles. The van der Waals surface area contributed by atoms with Gasteiger partial charge in [-0.05, 0) is 46.1 Å². The first kappa shape index (κ1) is 15.0. The molecule has 0 fully saturated rings. The minimum absolute atomic E-state index is 0.0943. The molecule has 5 nitrogen and oxygen atoms in total. The second-order valence-electron chi connectivity index (χ2n) is 4.20. The molecule has 7 heteroatoms. The molecule has 0 aliphatic rings. The molecule has 0 unspecified atom stereocenters. The van der Waals surface area contributed by atoms with E-state index in [4.69, 9.17) is 5.11 Å². The summed E-state index contributed by atoms with van der Waals surface area (Å²) in [5.74, 6) is 0. The molecular formula is C13H13BrN2O3S. The van der Waals surface area contributed by atoms with Crippen molar-refractivity contribution >= 4 is 31.6 Å². The number of aliphatic hydroxyl groups excluding tert-OH is 1. The molecular weight excluding hydrogens is 344 g/mol. The minimum Gasteiger partial charge on any atom is -0.392 e. The summed E-state index contributed by atoms with van der Waals surface area (Å²) in [5.41, 5.74) is 1.94. The molecule has 0 bridgehead atoms. The Balaban J connectivity index is 2.33. The smallest absolute Gasteiger partial charge is 0.279 e. The Morgan fingerprint density at radius 2 is 2.05 bits per heavy atom. The van der Waals surface area contributed by atoms with Crippen LogP contribution in [0.15, 0.2) is 46.0 Å². The lowest BCUT2D eigenvalue weighted by Crippen LogP contribution is -2.15. The molecule has 2 N–H and O–H groups in total. The van der Waals surface area contributed by atoms with Gasteiger partial charge in [0.2, 0.25) is 0 Å². The summed E-state index contributed by atoms with van der Waals surface area (Å²) in [4.78, 5) is 3.84. The van der Waals surface area contributed by atoms with E-state index < -0.39 is 10.0 Å². The van der Waals surface area contributed by atoms with Gasteiger partial charge in [0.15, 0.2) is 5.03 Å². The highest BCUT2D eigenvalue weighted by Gasteiger charge is 2.17. The maximum absolute atomic E-state index is 12.2. The average Bonchev–Trinajstić information content (AvgIpc) is 2.44. The lowest BCUT2D eigenvalue weighted by molar-refractivity contribution is 0.281. The first-order valence-corrected chi connectivity index (χ1v) is 8.05. The zero-order valence-corrected chi connectivity index (χ0v) is 13.1. The second kappa shape index (κ2) is 5.90. The Hall–Kier alpha value is -1.44. The van der Waals surface area contributed by atoms with E-state index >= 15 is 0 Å². The number of halogens is 1. The zero-order chi connectivity index (χ0) is 14.8. The van der Waals surface area contributed by atoms with Crippen LogP contribution in [0.2, 0.25) is 0 Å². The minimum atomic E-state index is -3.75. The Labute approximate surface area is 125 Å². The monoisotopic (exact) mass is 356 g/mol. The first-order chi connectivity index (χ1) is 9.44. The number of sulfonamides is 1. The third kappa shape index (κ3) is 3.17. The number of nitrogens with one attached hydrogen (secondary N) is 1. The van der Waals surface area contributed by atoms with Gasteiger partial charge in [0.1, 0.15) is 0 Å². The third-order valence-corrected chi connectivity index (χ3v) is 5.03. The molecule has 0 saturated heterocycles. The van der Waals surface area contributed by atoms with Gasteiger partial charge in [0.05, 0.1) is 12.3 Å². The third-order valence-electron chi connectivity index (χ3n) is 2.69. The summed E-state index contributed by atoms with van der Waals surface area (Å²) in [6.45, 7) is 1.69.